The summed E-state index contributed by atoms with van der Waals surface area (Å²) in [6, 6.07) is 29.1. The van der Waals surface area contributed by atoms with E-state index in [1.807, 2.05) is 38.1 Å². The lowest BCUT2D eigenvalue weighted by molar-refractivity contribution is -0.104. The van der Waals surface area contributed by atoms with Crippen molar-refractivity contribution in [3.8, 4) is 17.4 Å². The minimum atomic E-state index is 0.441. The first kappa shape index (κ1) is 35.5. The summed E-state index contributed by atoms with van der Waals surface area (Å²) in [6.07, 6.45) is 8.62. The average Bonchev–Trinajstić information content (AvgIpc) is 3.15. The van der Waals surface area contributed by atoms with Crippen LogP contribution in [0, 0.1) is 20.8 Å². The highest BCUT2D eigenvalue weighted by molar-refractivity contribution is 5.81. The fraction of sp³-hybridized carbons (Fsp3) is 0.279. The van der Waals surface area contributed by atoms with E-state index in [1.165, 1.54) is 22.3 Å². The summed E-state index contributed by atoms with van der Waals surface area (Å²) in [5.41, 5.74) is 9.99. The van der Waals surface area contributed by atoms with Crippen molar-refractivity contribution < 1.29 is 19.0 Å². The third-order valence-corrected chi connectivity index (χ3v) is 9.12. The highest BCUT2D eigenvalue weighted by Gasteiger charge is 2.21. The normalized spacial score (nSPS) is 13.6. The van der Waals surface area contributed by atoms with Crippen LogP contribution < -0.4 is 9.47 Å². The second-order valence-corrected chi connectivity index (χ2v) is 13.1. The molecule has 3 aromatic carbocycles. The van der Waals surface area contributed by atoms with E-state index >= 15 is 0 Å². The molecule has 2 aromatic heterocycles. The number of hydrogen-bond acceptors (Lipinski definition) is 8. The van der Waals surface area contributed by atoms with Crippen LogP contribution in [0.25, 0.3) is 5.70 Å². The van der Waals surface area contributed by atoms with Crippen LogP contribution in [0.3, 0.4) is 0 Å². The van der Waals surface area contributed by atoms with Gasteiger partial charge in [-0.05, 0) is 96.5 Å². The molecule has 0 spiro atoms. The second kappa shape index (κ2) is 17.6. The quantitative estimate of drug-likeness (QED) is 0.0627. The molecule has 1 fully saturated rings. The third-order valence-electron chi connectivity index (χ3n) is 9.12. The summed E-state index contributed by atoms with van der Waals surface area (Å²) >= 11 is 0. The van der Waals surface area contributed by atoms with Gasteiger partial charge in [-0.2, -0.15) is 0 Å². The van der Waals surface area contributed by atoms with E-state index in [0.29, 0.717) is 31.5 Å². The Balaban J connectivity index is 0.985. The number of hydrogen-bond donors (Lipinski definition) is 0. The molecule has 6 rings (SSSR count). The molecular formula is C43H46N4O4. The predicted octanol–water partition coefficient (Wildman–Crippen LogP) is 7.89. The van der Waals surface area contributed by atoms with E-state index in [4.69, 9.17) is 14.2 Å². The Morgan fingerprint density at radius 1 is 0.765 bits per heavy atom. The number of carbonyl (C=O) groups is 1. The van der Waals surface area contributed by atoms with Gasteiger partial charge in [0.05, 0.1) is 19.4 Å². The molecule has 1 saturated heterocycles. The van der Waals surface area contributed by atoms with Crippen LogP contribution in [-0.2, 0) is 35.7 Å². The largest absolute Gasteiger partial charge is 0.487 e. The predicted molar refractivity (Wildman–Crippen MR) is 201 cm³/mol. The van der Waals surface area contributed by atoms with Gasteiger partial charge in [0, 0.05) is 63.0 Å². The minimum absolute atomic E-state index is 0.441. The van der Waals surface area contributed by atoms with Crippen molar-refractivity contribution >= 4 is 12.0 Å². The molecule has 0 bridgehead atoms. The molecule has 3 heterocycles. The Morgan fingerprint density at radius 2 is 1.43 bits per heavy atom. The Hall–Kier alpha value is -5.31. The molecule has 0 saturated carbocycles. The zero-order valence-corrected chi connectivity index (χ0v) is 29.8. The first-order valence-corrected chi connectivity index (χ1v) is 17.5. The summed E-state index contributed by atoms with van der Waals surface area (Å²) in [5.74, 6) is 1.91. The molecule has 1 aliphatic rings. The van der Waals surface area contributed by atoms with Gasteiger partial charge in [-0.3, -0.25) is 14.7 Å². The molecule has 0 atom stereocenters. The Kier molecular flexibility index (Phi) is 12.2. The van der Waals surface area contributed by atoms with Crippen molar-refractivity contribution in [2.24, 2.45) is 0 Å². The Labute approximate surface area is 301 Å². The fourth-order valence-corrected chi connectivity index (χ4v) is 6.25. The number of rotatable bonds is 15. The molecule has 5 aromatic rings. The summed E-state index contributed by atoms with van der Waals surface area (Å²) in [4.78, 5) is 25.1. The van der Waals surface area contributed by atoms with Crippen LogP contribution in [0.2, 0.25) is 0 Å². The van der Waals surface area contributed by atoms with Crippen molar-refractivity contribution in [2.75, 3.05) is 32.8 Å². The van der Waals surface area contributed by atoms with Gasteiger partial charge in [-0.15, -0.1) is 0 Å². The van der Waals surface area contributed by atoms with Crippen molar-refractivity contribution in [3.63, 3.8) is 0 Å². The molecule has 0 radical (unpaired) electrons. The van der Waals surface area contributed by atoms with E-state index in [1.54, 1.807) is 24.7 Å². The van der Waals surface area contributed by atoms with Gasteiger partial charge >= 0.3 is 0 Å². The molecule has 0 N–H and O–H groups in total. The number of nitrogens with zero attached hydrogens (tertiary/aromatic N) is 4. The number of allylic oxidation sites excluding steroid dienone is 1. The lowest BCUT2D eigenvalue weighted by Gasteiger charge is -2.37. The van der Waals surface area contributed by atoms with Gasteiger partial charge in [-0.25, -0.2) is 4.98 Å². The van der Waals surface area contributed by atoms with Crippen molar-refractivity contribution in [1.82, 2.24) is 19.8 Å². The topological polar surface area (TPSA) is 77.0 Å². The fourth-order valence-electron chi connectivity index (χ4n) is 6.25. The van der Waals surface area contributed by atoms with E-state index in [2.05, 4.69) is 87.4 Å². The highest BCUT2D eigenvalue weighted by Crippen LogP contribution is 2.33. The van der Waals surface area contributed by atoms with Crippen LogP contribution in [0.1, 0.15) is 44.5 Å². The lowest BCUT2D eigenvalue weighted by Crippen LogP contribution is -2.45. The number of aldehydes is 1. The maximum Gasteiger partial charge on any atom is 0.219 e. The molecule has 8 nitrogen and oxygen atoms in total. The Morgan fingerprint density at radius 3 is 2.10 bits per heavy atom. The average molecular weight is 683 g/mol. The molecule has 0 amide bonds. The summed E-state index contributed by atoms with van der Waals surface area (Å²) in [6.45, 7) is 12.4. The van der Waals surface area contributed by atoms with Gasteiger partial charge in [0.15, 0.2) is 0 Å². The SMILES string of the molecule is Cc1ccc(COCCc2ccc(CN3CCN(/C(=C/C=O)c4cc(C)c(Oc5ccc(OCc6ccncc6)cn5)c(C)c4)CC3)cc2)cc1. The summed E-state index contributed by atoms with van der Waals surface area (Å²) in [5, 5.41) is 0. The third kappa shape index (κ3) is 10.1. The van der Waals surface area contributed by atoms with E-state index in [-0.39, 0.29) is 0 Å². The molecule has 0 aliphatic carbocycles. The van der Waals surface area contributed by atoms with Gasteiger partial charge in [0.25, 0.3) is 0 Å². The lowest BCUT2D eigenvalue weighted by atomic mass is 10.0. The standard InChI is InChI=1S/C43H46N4O4/c1-32-4-6-37(7-5-32)30-49-25-17-35-8-10-36(11-9-35)29-46-20-22-47(23-21-46)41(16-24-48)39-26-33(2)43(34(3)27-39)51-42-13-12-40(28-45-42)50-31-38-14-18-44-19-15-38/h4-16,18-19,24,26-28H,17,20-23,25,29-31H2,1-3H3/b41-16+. The van der Waals surface area contributed by atoms with Gasteiger partial charge in [-0.1, -0.05) is 54.1 Å². The monoisotopic (exact) mass is 682 g/mol. The van der Waals surface area contributed by atoms with Crippen molar-refractivity contribution in [3.05, 3.63) is 154 Å². The number of piperazine rings is 1. The van der Waals surface area contributed by atoms with Gasteiger partial charge < -0.3 is 19.1 Å². The van der Waals surface area contributed by atoms with Crippen LogP contribution in [-0.4, -0.2) is 58.8 Å². The first-order chi connectivity index (χ1) is 24.9. The molecule has 262 valence electrons. The molecule has 1 aliphatic heterocycles. The summed E-state index contributed by atoms with van der Waals surface area (Å²) in [7, 11) is 0. The number of benzene rings is 3. The number of aromatic nitrogens is 2. The molecule has 0 unspecified atom stereocenters. The first-order valence-electron chi connectivity index (χ1n) is 17.5. The van der Waals surface area contributed by atoms with E-state index < -0.39 is 0 Å². The zero-order valence-electron chi connectivity index (χ0n) is 29.8. The maximum atomic E-state index is 11.8. The van der Waals surface area contributed by atoms with Gasteiger partial charge in [0.2, 0.25) is 5.88 Å². The van der Waals surface area contributed by atoms with Crippen LogP contribution in [0.15, 0.2) is 110 Å². The maximum absolute atomic E-state index is 11.8. The van der Waals surface area contributed by atoms with Crippen LogP contribution in [0.4, 0.5) is 0 Å². The second-order valence-electron chi connectivity index (χ2n) is 13.1. The van der Waals surface area contributed by atoms with Crippen LogP contribution >= 0.6 is 0 Å². The van der Waals surface area contributed by atoms with Crippen molar-refractivity contribution in [2.45, 2.75) is 47.0 Å². The molecule has 8 heteroatoms. The van der Waals surface area contributed by atoms with Crippen LogP contribution in [0.5, 0.6) is 17.4 Å². The number of carbonyl (C=O) groups excluding carboxylic acids is 1. The smallest absolute Gasteiger partial charge is 0.219 e. The van der Waals surface area contributed by atoms with Gasteiger partial charge in [0.1, 0.15) is 24.4 Å². The number of ether oxygens (including phenoxy) is 3. The Bertz CT molecular complexity index is 1860. The van der Waals surface area contributed by atoms with E-state index in [0.717, 1.165) is 79.1 Å². The van der Waals surface area contributed by atoms with Crippen molar-refractivity contribution in [1.29, 1.82) is 0 Å². The summed E-state index contributed by atoms with van der Waals surface area (Å²) < 4.78 is 18.0. The molecular weight excluding hydrogens is 636 g/mol. The van der Waals surface area contributed by atoms with E-state index in [9.17, 15) is 4.79 Å². The molecule has 51 heavy (non-hydrogen) atoms. The number of pyridine rings is 2. The highest BCUT2D eigenvalue weighted by atomic mass is 16.5. The number of aryl methyl sites for hydroxylation is 3. The minimum Gasteiger partial charge on any atom is -0.487 e. The zero-order chi connectivity index (χ0) is 35.4.